The SMILES string of the molecule is CCCCOCCNC(=NC)NCc1c(CC)noc1CC. The Morgan fingerprint density at radius 3 is 2.64 bits per heavy atom. The van der Waals surface area contributed by atoms with Crippen LogP contribution in [0.3, 0.4) is 0 Å². The summed E-state index contributed by atoms with van der Waals surface area (Å²) in [5.74, 6) is 1.71. The molecule has 2 N–H and O–H groups in total. The molecule has 0 atom stereocenters. The normalized spacial score (nSPS) is 11.7. The van der Waals surface area contributed by atoms with Crippen molar-refractivity contribution >= 4 is 5.96 Å². The van der Waals surface area contributed by atoms with Crippen molar-refractivity contribution in [3.8, 4) is 0 Å². The average molecular weight is 310 g/mol. The van der Waals surface area contributed by atoms with Crippen molar-refractivity contribution in [2.24, 2.45) is 4.99 Å². The second-order valence-electron chi connectivity index (χ2n) is 5.06. The second kappa shape index (κ2) is 11.1. The molecule has 1 heterocycles. The molecule has 0 amide bonds. The lowest BCUT2D eigenvalue weighted by atomic mass is 10.1. The van der Waals surface area contributed by atoms with E-state index in [1.54, 1.807) is 7.05 Å². The highest BCUT2D eigenvalue weighted by atomic mass is 16.5. The molecule has 0 aromatic carbocycles. The molecular formula is C16H30N4O2. The van der Waals surface area contributed by atoms with Crippen molar-refractivity contribution in [2.45, 2.75) is 53.0 Å². The summed E-state index contributed by atoms with van der Waals surface area (Å²) < 4.78 is 10.9. The number of nitrogens with one attached hydrogen (secondary N) is 2. The number of ether oxygens (including phenoxy) is 1. The van der Waals surface area contributed by atoms with Gasteiger partial charge in [-0.1, -0.05) is 32.3 Å². The van der Waals surface area contributed by atoms with Gasteiger partial charge >= 0.3 is 0 Å². The van der Waals surface area contributed by atoms with Gasteiger partial charge in [0.2, 0.25) is 0 Å². The van der Waals surface area contributed by atoms with E-state index in [4.69, 9.17) is 9.26 Å². The van der Waals surface area contributed by atoms with E-state index in [9.17, 15) is 0 Å². The molecule has 0 aliphatic carbocycles. The van der Waals surface area contributed by atoms with Crippen molar-refractivity contribution in [3.63, 3.8) is 0 Å². The van der Waals surface area contributed by atoms with Crippen LogP contribution in [0.15, 0.2) is 9.52 Å². The molecule has 0 radical (unpaired) electrons. The van der Waals surface area contributed by atoms with Crippen molar-refractivity contribution in [2.75, 3.05) is 26.8 Å². The first-order valence-electron chi connectivity index (χ1n) is 8.25. The van der Waals surface area contributed by atoms with Crippen molar-refractivity contribution in [1.82, 2.24) is 15.8 Å². The number of hydrogen-bond donors (Lipinski definition) is 2. The zero-order valence-electron chi connectivity index (χ0n) is 14.4. The van der Waals surface area contributed by atoms with Gasteiger partial charge < -0.3 is 19.9 Å². The topological polar surface area (TPSA) is 71.7 Å². The maximum Gasteiger partial charge on any atom is 0.191 e. The molecule has 1 aromatic heterocycles. The third kappa shape index (κ3) is 6.05. The van der Waals surface area contributed by atoms with Crippen molar-refractivity contribution in [3.05, 3.63) is 17.0 Å². The molecule has 126 valence electrons. The van der Waals surface area contributed by atoms with Gasteiger partial charge in [0.15, 0.2) is 5.96 Å². The summed E-state index contributed by atoms with van der Waals surface area (Å²) in [6, 6.07) is 0. The fourth-order valence-corrected chi connectivity index (χ4v) is 2.12. The molecule has 0 saturated heterocycles. The lowest BCUT2D eigenvalue weighted by Gasteiger charge is -2.12. The van der Waals surface area contributed by atoms with Crippen LogP contribution in [-0.2, 0) is 24.1 Å². The summed E-state index contributed by atoms with van der Waals surface area (Å²) in [6.45, 7) is 9.25. The van der Waals surface area contributed by atoms with Crippen LogP contribution in [0.2, 0.25) is 0 Å². The number of guanidine groups is 1. The quantitative estimate of drug-likeness (QED) is 0.394. The number of aryl methyl sites for hydroxylation is 2. The Bertz CT molecular complexity index is 422. The molecule has 0 spiro atoms. The van der Waals surface area contributed by atoms with Gasteiger partial charge in [-0.3, -0.25) is 4.99 Å². The fraction of sp³-hybridized carbons (Fsp3) is 0.750. The minimum atomic E-state index is 0.673. The molecule has 22 heavy (non-hydrogen) atoms. The number of nitrogens with zero attached hydrogens (tertiary/aromatic N) is 2. The zero-order chi connectivity index (χ0) is 16.2. The van der Waals surface area contributed by atoms with E-state index >= 15 is 0 Å². The van der Waals surface area contributed by atoms with Crippen LogP contribution in [0.1, 0.15) is 50.6 Å². The predicted molar refractivity (Wildman–Crippen MR) is 89.2 cm³/mol. The standard InChI is InChI=1S/C16H30N4O2/c1-5-8-10-21-11-9-18-16(17-4)19-12-13-14(6-2)20-22-15(13)7-3/h5-12H2,1-4H3,(H2,17,18,19). The van der Waals surface area contributed by atoms with E-state index in [1.165, 1.54) is 0 Å². The van der Waals surface area contributed by atoms with E-state index in [-0.39, 0.29) is 0 Å². The Morgan fingerprint density at radius 2 is 2.00 bits per heavy atom. The largest absolute Gasteiger partial charge is 0.380 e. The molecule has 0 saturated carbocycles. The van der Waals surface area contributed by atoms with Gasteiger partial charge in [0.25, 0.3) is 0 Å². The van der Waals surface area contributed by atoms with Gasteiger partial charge in [-0.05, 0) is 12.8 Å². The van der Waals surface area contributed by atoms with Gasteiger partial charge in [-0.2, -0.15) is 0 Å². The Balaban J connectivity index is 2.36. The molecule has 1 aromatic rings. The maximum absolute atomic E-state index is 5.52. The monoisotopic (exact) mass is 310 g/mol. The first-order valence-corrected chi connectivity index (χ1v) is 8.25. The van der Waals surface area contributed by atoms with Crippen molar-refractivity contribution < 1.29 is 9.26 Å². The van der Waals surface area contributed by atoms with Crippen LogP contribution in [0.25, 0.3) is 0 Å². The van der Waals surface area contributed by atoms with Crippen molar-refractivity contribution in [1.29, 1.82) is 0 Å². The number of rotatable bonds is 10. The van der Waals surface area contributed by atoms with Crippen LogP contribution < -0.4 is 10.6 Å². The molecule has 0 aliphatic heterocycles. The summed E-state index contributed by atoms with van der Waals surface area (Å²) in [7, 11) is 1.77. The summed E-state index contributed by atoms with van der Waals surface area (Å²) >= 11 is 0. The first-order chi connectivity index (χ1) is 10.8. The number of hydrogen-bond acceptors (Lipinski definition) is 4. The number of unbranched alkanes of at least 4 members (excludes halogenated alkanes) is 1. The Kier molecular flexibility index (Phi) is 9.30. The van der Waals surface area contributed by atoms with Crippen LogP contribution in [0.4, 0.5) is 0 Å². The third-order valence-corrected chi connectivity index (χ3v) is 3.44. The van der Waals surface area contributed by atoms with Gasteiger partial charge in [0.1, 0.15) is 5.76 Å². The van der Waals surface area contributed by atoms with E-state index < -0.39 is 0 Å². The molecule has 1 rings (SSSR count). The molecule has 6 heteroatoms. The molecule has 0 bridgehead atoms. The second-order valence-corrected chi connectivity index (χ2v) is 5.06. The number of aromatic nitrogens is 1. The minimum absolute atomic E-state index is 0.673. The van der Waals surface area contributed by atoms with Crippen LogP contribution in [-0.4, -0.2) is 37.9 Å². The molecule has 0 unspecified atom stereocenters. The Hall–Kier alpha value is -1.56. The van der Waals surface area contributed by atoms with Crippen LogP contribution in [0.5, 0.6) is 0 Å². The van der Waals surface area contributed by atoms with E-state index in [1.807, 2.05) is 0 Å². The lowest BCUT2D eigenvalue weighted by molar-refractivity contribution is 0.136. The summed E-state index contributed by atoms with van der Waals surface area (Å²) in [5.41, 5.74) is 2.16. The molecule has 6 nitrogen and oxygen atoms in total. The van der Waals surface area contributed by atoms with Crippen LogP contribution in [0, 0.1) is 0 Å². The van der Waals surface area contributed by atoms with Gasteiger partial charge in [-0.15, -0.1) is 0 Å². The summed E-state index contributed by atoms with van der Waals surface area (Å²) in [5, 5.41) is 10.7. The highest BCUT2D eigenvalue weighted by molar-refractivity contribution is 5.79. The lowest BCUT2D eigenvalue weighted by Crippen LogP contribution is -2.38. The minimum Gasteiger partial charge on any atom is -0.380 e. The summed E-state index contributed by atoms with van der Waals surface area (Å²) in [4.78, 5) is 4.22. The highest BCUT2D eigenvalue weighted by Crippen LogP contribution is 2.15. The Morgan fingerprint density at radius 1 is 1.18 bits per heavy atom. The molecular weight excluding hydrogens is 280 g/mol. The first kappa shape index (κ1) is 18.5. The van der Waals surface area contributed by atoms with Gasteiger partial charge in [-0.25, -0.2) is 0 Å². The maximum atomic E-state index is 5.52. The van der Waals surface area contributed by atoms with Gasteiger partial charge in [0.05, 0.1) is 12.3 Å². The molecule has 0 fully saturated rings. The van der Waals surface area contributed by atoms with E-state index in [0.29, 0.717) is 13.2 Å². The van der Waals surface area contributed by atoms with E-state index in [0.717, 1.165) is 61.8 Å². The fourth-order valence-electron chi connectivity index (χ4n) is 2.12. The molecule has 0 aliphatic rings. The predicted octanol–water partition coefficient (Wildman–Crippen LogP) is 2.28. The third-order valence-electron chi connectivity index (χ3n) is 3.44. The van der Waals surface area contributed by atoms with Gasteiger partial charge in [0, 0.05) is 38.7 Å². The highest BCUT2D eigenvalue weighted by Gasteiger charge is 2.13. The van der Waals surface area contributed by atoms with Crippen LogP contribution >= 0.6 is 0 Å². The average Bonchev–Trinajstić information content (AvgIpc) is 2.95. The number of aliphatic imine (C=N–C) groups is 1. The van der Waals surface area contributed by atoms with E-state index in [2.05, 4.69) is 41.6 Å². The summed E-state index contributed by atoms with van der Waals surface area (Å²) in [6.07, 6.45) is 3.99. The zero-order valence-corrected chi connectivity index (χ0v) is 14.4. The Labute approximate surface area is 133 Å². The smallest absolute Gasteiger partial charge is 0.191 e.